The number of benzene rings is 1. The Balaban J connectivity index is 1.59. The second-order valence-corrected chi connectivity index (χ2v) is 8.18. The predicted molar refractivity (Wildman–Crippen MR) is 118 cm³/mol. The molecule has 0 N–H and O–H groups in total. The lowest BCUT2D eigenvalue weighted by Gasteiger charge is -2.26. The van der Waals surface area contributed by atoms with Crippen LogP contribution >= 0.6 is 11.3 Å². The highest BCUT2D eigenvalue weighted by molar-refractivity contribution is 7.12. The largest absolute Gasteiger partial charge is 0.459 e. The molecule has 0 spiro atoms. The number of hydrogen-bond donors (Lipinski definition) is 0. The van der Waals surface area contributed by atoms with E-state index in [1.807, 2.05) is 17.5 Å². The highest BCUT2D eigenvalue weighted by atomic mass is 32.1. The predicted octanol–water partition coefficient (Wildman–Crippen LogP) is 3.95. The van der Waals surface area contributed by atoms with Crippen molar-refractivity contribution in [1.29, 1.82) is 0 Å². The van der Waals surface area contributed by atoms with Crippen molar-refractivity contribution in [2.24, 2.45) is 5.10 Å². The molecule has 2 aromatic heterocycles. The van der Waals surface area contributed by atoms with Gasteiger partial charge in [0.2, 0.25) is 0 Å². The van der Waals surface area contributed by atoms with Gasteiger partial charge < -0.3 is 14.1 Å². The van der Waals surface area contributed by atoms with Gasteiger partial charge in [0, 0.05) is 20.1 Å². The van der Waals surface area contributed by atoms with Crippen molar-refractivity contribution < 1.29 is 23.1 Å². The molecule has 1 aliphatic rings. The Hall–Kier alpha value is -3.30. The van der Waals surface area contributed by atoms with Crippen LogP contribution in [0.25, 0.3) is 0 Å². The quantitative estimate of drug-likeness (QED) is 0.516. The van der Waals surface area contributed by atoms with Gasteiger partial charge in [0.05, 0.1) is 29.5 Å². The molecule has 1 unspecified atom stereocenters. The summed E-state index contributed by atoms with van der Waals surface area (Å²) in [6.45, 7) is 0.297. The van der Waals surface area contributed by atoms with Gasteiger partial charge in [0.1, 0.15) is 12.4 Å². The number of carbonyl (C=O) groups excluding carboxylic acids is 2. The number of carbonyl (C=O) groups is 2. The smallest absolute Gasteiger partial charge is 0.290 e. The lowest BCUT2D eigenvalue weighted by molar-refractivity contribution is -0.133. The topological polar surface area (TPSA) is 75.3 Å². The number of hydrazone groups is 1. The summed E-state index contributed by atoms with van der Waals surface area (Å²) in [7, 11) is 1.53. The maximum Gasteiger partial charge on any atom is 0.290 e. The molecule has 3 aromatic rings. The summed E-state index contributed by atoms with van der Waals surface area (Å²) >= 11 is 1.54. The van der Waals surface area contributed by atoms with E-state index >= 15 is 0 Å². The van der Waals surface area contributed by atoms with Gasteiger partial charge in [-0.3, -0.25) is 9.59 Å². The Morgan fingerprint density at radius 1 is 1.25 bits per heavy atom. The van der Waals surface area contributed by atoms with Crippen molar-refractivity contribution in [3.8, 4) is 0 Å². The zero-order valence-corrected chi connectivity index (χ0v) is 18.3. The van der Waals surface area contributed by atoms with E-state index in [4.69, 9.17) is 9.15 Å². The molecule has 0 aliphatic carbocycles. The number of halogens is 1. The average molecular weight is 456 g/mol. The van der Waals surface area contributed by atoms with Gasteiger partial charge in [-0.15, -0.1) is 11.3 Å². The normalized spacial score (nSPS) is 15.6. The summed E-state index contributed by atoms with van der Waals surface area (Å²) in [4.78, 5) is 28.5. The Morgan fingerprint density at radius 2 is 2.06 bits per heavy atom. The SMILES string of the molecule is COCCN(CC(=O)N1N=C(c2cccs2)CC1c1ccc(F)cc1)C(=O)c1ccco1. The Labute approximate surface area is 188 Å². The van der Waals surface area contributed by atoms with Crippen molar-refractivity contribution in [3.63, 3.8) is 0 Å². The van der Waals surface area contributed by atoms with Gasteiger partial charge in [-0.05, 0) is 41.3 Å². The van der Waals surface area contributed by atoms with Gasteiger partial charge >= 0.3 is 0 Å². The van der Waals surface area contributed by atoms with Crippen LogP contribution in [0.4, 0.5) is 4.39 Å². The van der Waals surface area contributed by atoms with E-state index in [-0.39, 0.29) is 43.2 Å². The molecular weight excluding hydrogens is 433 g/mol. The first-order valence-electron chi connectivity index (χ1n) is 10.1. The molecule has 1 aliphatic heterocycles. The monoisotopic (exact) mass is 455 g/mol. The molecule has 166 valence electrons. The number of rotatable bonds is 8. The molecule has 0 radical (unpaired) electrons. The molecule has 0 fully saturated rings. The van der Waals surface area contributed by atoms with Crippen LogP contribution in [-0.2, 0) is 9.53 Å². The molecule has 0 saturated carbocycles. The summed E-state index contributed by atoms with van der Waals surface area (Å²) < 4.78 is 23.8. The second kappa shape index (κ2) is 9.88. The molecule has 0 bridgehead atoms. The molecular formula is C23H22FN3O4S. The van der Waals surface area contributed by atoms with Crippen LogP contribution in [0.15, 0.2) is 69.7 Å². The maximum absolute atomic E-state index is 13.5. The van der Waals surface area contributed by atoms with Gasteiger partial charge in [0.15, 0.2) is 5.76 Å². The molecule has 0 saturated heterocycles. The summed E-state index contributed by atoms with van der Waals surface area (Å²) in [6.07, 6.45) is 1.91. The highest BCUT2D eigenvalue weighted by Gasteiger charge is 2.35. The van der Waals surface area contributed by atoms with Crippen molar-refractivity contribution in [2.45, 2.75) is 12.5 Å². The van der Waals surface area contributed by atoms with Crippen molar-refractivity contribution in [1.82, 2.24) is 9.91 Å². The van der Waals surface area contributed by atoms with Crippen LogP contribution < -0.4 is 0 Å². The molecule has 4 rings (SSSR count). The summed E-state index contributed by atoms with van der Waals surface area (Å²) in [5.41, 5.74) is 1.55. The summed E-state index contributed by atoms with van der Waals surface area (Å²) in [5.74, 6) is -0.950. The molecule has 3 heterocycles. The van der Waals surface area contributed by atoms with E-state index in [2.05, 4.69) is 5.10 Å². The number of thiophene rings is 1. The third-order valence-corrected chi connectivity index (χ3v) is 6.06. The van der Waals surface area contributed by atoms with Crippen molar-refractivity contribution >= 4 is 28.9 Å². The third-order valence-electron chi connectivity index (χ3n) is 5.14. The van der Waals surface area contributed by atoms with Gasteiger partial charge in [-0.2, -0.15) is 5.10 Å². The number of ether oxygens (including phenoxy) is 1. The fraction of sp³-hybridized carbons (Fsp3) is 0.261. The van der Waals surface area contributed by atoms with Crippen LogP contribution in [0.3, 0.4) is 0 Å². The van der Waals surface area contributed by atoms with Gasteiger partial charge in [0.25, 0.3) is 11.8 Å². The van der Waals surface area contributed by atoms with Crippen LogP contribution in [0.5, 0.6) is 0 Å². The Bertz CT molecular complexity index is 1080. The van der Waals surface area contributed by atoms with Crippen LogP contribution in [0.1, 0.15) is 33.5 Å². The van der Waals surface area contributed by atoms with E-state index < -0.39 is 5.91 Å². The first kappa shape index (κ1) is 21.9. The fourth-order valence-corrected chi connectivity index (χ4v) is 4.24. The summed E-state index contributed by atoms with van der Waals surface area (Å²) in [5, 5.41) is 7.94. The van der Waals surface area contributed by atoms with E-state index in [1.165, 1.54) is 46.8 Å². The summed E-state index contributed by atoms with van der Waals surface area (Å²) in [6, 6.07) is 12.7. The first-order valence-corrected chi connectivity index (χ1v) is 11.0. The lowest BCUT2D eigenvalue weighted by atomic mass is 10.0. The minimum absolute atomic E-state index is 0.146. The number of methoxy groups -OCH3 is 1. The zero-order chi connectivity index (χ0) is 22.5. The van der Waals surface area contributed by atoms with Crippen molar-refractivity contribution in [2.75, 3.05) is 26.8 Å². The number of hydrogen-bond acceptors (Lipinski definition) is 6. The van der Waals surface area contributed by atoms with E-state index in [9.17, 15) is 14.0 Å². The maximum atomic E-state index is 13.5. The first-order chi connectivity index (χ1) is 15.6. The van der Waals surface area contributed by atoms with Gasteiger partial charge in [-0.25, -0.2) is 9.40 Å². The second-order valence-electron chi connectivity index (χ2n) is 7.23. The van der Waals surface area contributed by atoms with E-state index in [1.54, 1.807) is 24.3 Å². The number of nitrogens with zero attached hydrogens (tertiary/aromatic N) is 3. The minimum atomic E-state index is -0.402. The van der Waals surface area contributed by atoms with E-state index in [0.717, 1.165) is 16.2 Å². The number of furan rings is 1. The molecule has 7 nitrogen and oxygen atoms in total. The molecule has 2 amide bonds. The average Bonchev–Trinajstić information content (AvgIpc) is 3.57. The standard InChI is InChI=1S/C23H22FN3O4S/c1-30-12-10-26(23(29)20-4-2-11-31-20)15-22(28)27-19(16-6-8-17(24)9-7-16)14-18(25-27)21-5-3-13-32-21/h2-9,11,13,19H,10,12,14-15H2,1H3. The minimum Gasteiger partial charge on any atom is -0.459 e. The third kappa shape index (κ3) is 4.79. The Kier molecular flexibility index (Phi) is 6.77. The lowest BCUT2D eigenvalue weighted by Crippen LogP contribution is -2.42. The van der Waals surface area contributed by atoms with Crippen LogP contribution in [0, 0.1) is 5.82 Å². The fourth-order valence-electron chi connectivity index (χ4n) is 3.52. The van der Waals surface area contributed by atoms with Crippen LogP contribution in [-0.4, -0.2) is 54.2 Å². The zero-order valence-electron chi connectivity index (χ0n) is 17.4. The molecule has 1 aromatic carbocycles. The van der Waals surface area contributed by atoms with Crippen molar-refractivity contribution in [3.05, 3.63) is 82.2 Å². The molecule has 32 heavy (non-hydrogen) atoms. The Morgan fingerprint density at radius 3 is 2.72 bits per heavy atom. The molecule has 9 heteroatoms. The highest BCUT2D eigenvalue weighted by Crippen LogP contribution is 2.34. The number of amides is 2. The van der Waals surface area contributed by atoms with Crippen LogP contribution in [0.2, 0.25) is 0 Å². The van der Waals surface area contributed by atoms with E-state index in [0.29, 0.717) is 6.42 Å². The van der Waals surface area contributed by atoms with Gasteiger partial charge in [-0.1, -0.05) is 18.2 Å². The molecule has 1 atom stereocenters.